The van der Waals surface area contributed by atoms with Gasteiger partial charge >= 0.3 is 0 Å². The molecule has 18 heavy (non-hydrogen) atoms. The van der Waals surface area contributed by atoms with Gasteiger partial charge in [0.25, 0.3) is 0 Å². The Hall–Kier alpha value is -1.00. The molecule has 1 aromatic heterocycles. The summed E-state index contributed by atoms with van der Waals surface area (Å²) in [6.45, 7) is 5.47. The number of halogens is 1. The first-order valence-corrected chi connectivity index (χ1v) is 6.74. The highest BCUT2D eigenvalue weighted by atomic mass is 19.1. The molecule has 1 N–H and O–H groups in total. The van der Waals surface area contributed by atoms with Gasteiger partial charge in [-0.25, -0.2) is 4.39 Å². The fraction of sp³-hybridized carbons (Fsp3) is 0.643. The fourth-order valence-corrected chi connectivity index (χ4v) is 2.84. The topological polar surface area (TPSA) is 28.2 Å². The van der Waals surface area contributed by atoms with Gasteiger partial charge in [-0.1, -0.05) is 6.92 Å². The molecule has 1 fully saturated rings. The maximum absolute atomic E-state index is 12.9. The summed E-state index contributed by atoms with van der Waals surface area (Å²) in [7, 11) is 2.00. The van der Waals surface area contributed by atoms with Crippen molar-refractivity contribution in [3.8, 4) is 0 Å². The van der Waals surface area contributed by atoms with E-state index in [9.17, 15) is 4.39 Å². The third-order valence-electron chi connectivity index (χ3n) is 3.73. The molecule has 100 valence electrons. The van der Waals surface area contributed by atoms with Crippen molar-refractivity contribution in [2.75, 3.05) is 26.7 Å². The van der Waals surface area contributed by atoms with Gasteiger partial charge in [-0.05, 0) is 51.0 Å². The van der Waals surface area contributed by atoms with Crippen molar-refractivity contribution in [2.24, 2.45) is 5.92 Å². The monoisotopic (exact) mass is 251 g/mol. The molecule has 2 atom stereocenters. The molecule has 0 spiro atoms. The lowest BCUT2D eigenvalue weighted by Crippen LogP contribution is -2.28. The molecule has 0 aromatic carbocycles. The Morgan fingerprint density at radius 3 is 3.00 bits per heavy atom. The lowest BCUT2D eigenvalue weighted by atomic mass is 10.1. The number of nitrogens with one attached hydrogen (secondary N) is 1. The average molecular weight is 251 g/mol. The van der Waals surface area contributed by atoms with Crippen molar-refractivity contribution in [3.63, 3.8) is 0 Å². The maximum atomic E-state index is 12.9. The summed E-state index contributed by atoms with van der Waals surface area (Å²) in [6.07, 6.45) is 3.57. The van der Waals surface area contributed by atoms with Crippen molar-refractivity contribution in [2.45, 2.75) is 25.8 Å². The molecule has 1 saturated heterocycles. The van der Waals surface area contributed by atoms with Crippen molar-refractivity contribution >= 4 is 0 Å². The van der Waals surface area contributed by atoms with Crippen LogP contribution in [0.4, 0.5) is 4.39 Å². The van der Waals surface area contributed by atoms with E-state index in [1.165, 1.54) is 18.7 Å². The molecule has 2 heterocycles. The number of likely N-dealkylation sites (tertiary alicyclic amines) is 1. The summed E-state index contributed by atoms with van der Waals surface area (Å²) < 4.78 is 12.9. The van der Waals surface area contributed by atoms with Crippen LogP contribution in [0.2, 0.25) is 0 Å². The molecule has 2 unspecified atom stereocenters. The lowest BCUT2D eigenvalue weighted by Gasteiger charge is -2.26. The summed E-state index contributed by atoms with van der Waals surface area (Å²) in [6, 6.07) is 3.65. The Balaban J connectivity index is 2.03. The van der Waals surface area contributed by atoms with Crippen molar-refractivity contribution in [3.05, 3.63) is 29.8 Å². The minimum atomic E-state index is -0.261. The minimum absolute atomic E-state index is 0.261. The maximum Gasteiger partial charge on any atom is 0.141 e. The minimum Gasteiger partial charge on any atom is -0.319 e. The first kappa shape index (κ1) is 13.4. The van der Waals surface area contributed by atoms with E-state index in [1.54, 1.807) is 0 Å². The quantitative estimate of drug-likeness (QED) is 0.869. The van der Waals surface area contributed by atoms with E-state index in [0.717, 1.165) is 37.7 Å². The number of aromatic nitrogens is 1. The largest absolute Gasteiger partial charge is 0.319 e. The molecule has 1 aliphatic heterocycles. The highest BCUT2D eigenvalue weighted by Crippen LogP contribution is 2.28. The van der Waals surface area contributed by atoms with Gasteiger partial charge in [0, 0.05) is 6.54 Å². The van der Waals surface area contributed by atoms with Crippen LogP contribution in [-0.2, 0) is 0 Å². The molecule has 0 aliphatic carbocycles. The summed E-state index contributed by atoms with van der Waals surface area (Å²) in [5.74, 6) is 0.465. The summed E-state index contributed by atoms with van der Waals surface area (Å²) >= 11 is 0. The van der Waals surface area contributed by atoms with Crippen LogP contribution in [0.25, 0.3) is 0 Å². The summed E-state index contributed by atoms with van der Waals surface area (Å²) in [5.41, 5.74) is 0.990. The average Bonchev–Trinajstić information content (AvgIpc) is 2.82. The van der Waals surface area contributed by atoms with E-state index >= 15 is 0 Å². The third-order valence-corrected chi connectivity index (χ3v) is 3.73. The smallest absolute Gasteiger partial charge is 0.141 e. The van der Waals surface area contributed by atoms with Gasteiger partial charge in [-0.15, -0.1) is 0 Å². The zero-order valence-corrected chi connectivity index (χ0v) is 11.2. The Labute approximate surface area is 108 Å². The van der Waals surface area contributed by atoms with Gasteiger partial charge in [-0.3, -0.25) is 9.88 Å². The molecular formula is C14H22FN3. The van der Waals surface area contributed by atoms with E-state index in [1.807, 2.05) is 13.1 Å². The zero-order valence-electron chi connectivity index (χ0n) is 11.2. The Morgan fingerprint density at radius 1 is 1.56 bits per heavy atom. The number of hydrogen-bond acceptors (Lipinski definition) is 3. The van der Waals surface area contributed by atoms with Crippen LogP contribution in [0.3, 0.4) is 0 Å². The Bertz CT molecular complexity index is 366. The van der Waals surface area contributed by atoms with Gasteiger partial charge in [0.05, 0.1) is 17.9 Å². The predicted octanol–water partition coefficient (Wildman–Crippen LogP) is 2.21. The van der Waals surface area contributed by atoms with Crippen molar-refractivity contribution in [1.82, 2.24) is 15.2 Å². The predicted molar refractivity (Wildman–Crippen MR) is 70.8 cm³/mol. The van der Waals surface area contributed by atoms with Crippen LogP contribution in [0.15, 0.2) is 18.3 Å². The van der Waals surface area contributed by atoms with Crippen LogP contribution in [0.5, 0.6) is 0 Å². The van der Waals surface area contributed by atoms with Gasteiger partial charge in [-0.2, -0.15) is 0 Å². The third kappa shape index (κ3) is 3.06. The molecule has 1 aromatic rings. The first-order valence-electron chi connectivity index (χ1n) is 6.74. The highest BCUT2D eigenvalue weighted by Gasteiger charge is 2.28. The molecule has 2 rings (SSSR count). The Morgan fingerprint density at radius 2 is 2.39 bits per heavy atom. The zero-order chi connectivity index (χ0) is 13.0. The molecule has 4 heteroatoms. The first-order chi connectivity index (χ1) is 8.74. The SMILES string of the molecule is CCC(c1ccc(F)cn1)N1CCC(CNC)C1. The van der Waals surface area contributed by atoms with E-state index in [4.69, 9.17) is 0 Å². The molecule has 0 bridgehead atoms. The van der Waals surface area contributed by atoms with Crippen LogP contribution < -0.4 is 5.32 Å². The number of hydrogen-bond donors (Lipinski definition) is 1. The number of nitrogens with zero attached hydrogens (tertiary/aromatic N) is 2. The van der Waals surface area contributed by atoms with Gasteiger partial charge in [0.1, 0.15) is 5.82 Å². The van der Waals surface area contributed by atoms with Gasteiger partial charge in [0.15, 0.2) is 0 Å². The fourth-order valence-electron chi connectivity index (χ4n) is 2.84. The van der Waals surface area contributed by atoms with E-state index < -0.39 is 0 Å². The van der Waals surface area contributed by atoms with Crippen molar-refractivity contribution < 1.29 is 4.39 Å². The van der Waals surface area contributed by atoms with Gasteiger partial charge < -0.3 is 5.32 Å². The molecule has 0 radical (unpaired) electrons. The van der Waals surface area contributed by atoms with Crippen LogP contribution in [-0.4, -0.2) is 36.6 Å². The molecular weight excluding hydrogens is 229 g/mol. The summed E-state index contributed by atoms with van der Waals surface area (Å²) in [5, 5.41) is 3.24. The standard InChI is InChI=1S/C14H22FN3/c1-3-14(13-5-4-12(15)9-17-13)18-7-6-11(10-18)8-16-2/h4-5,9,11,14,16H,3,6-8,10H2,1-2H3. The number of pyridine rings is 1. The summed E-state index contributed by atoms with van der Waals surface area (Å²) in [4.78, 5) is 6.71. The Kier molecular flexibility index (Phi) is 4.66. The normalized spacial score (nSPS) is 22.3. The second-order valence-corrected chi connectivity index (χ2v) is 5.03. The molecule has 0 saturated carbocycles. The number of rotatable bonds is 5. The van der Waals surface area contributed by atoms with E-state index in [-0.39, 0.29) is 5.82 Å². The highest BCUT2D eigenvalue weighted by molar-refractivity contribution is 5.10. The van der Waals surface area contributed by atoms with Crippen LogP contribution >= 0.6 is 0 Å². The van der Waals surface area contributed by atoms with E-state index in [0.29, 0.717) is 6.04 Å². The second-order valence-electron chi connectivity index (χ2n) is 5.03. The molecule has 0 amide bonds. The van der Waals surface area contributed by atoms with Crippen LogP contribution in [0.1, 0.15) is 31.5 Å². The van der Waals surface area contributed by atoms with Crippen LogP contribution in [0, 0.1) is 11.7 Å². The van der Waals surface area contributed by atoms with Crippen molar-refractivity contribution in [1.29, 1.82) is 0 Å². The molecule has 1 aliphatic rings. The van der Waals surface area contributed by atoms with Gasteiger partial charge in [0.2, 0.25) is 0 Å². The second kappa shape index (κ2) is 6.25. The van der Waals surface area contributed by atoms with E-state index in [2.05, 4.69) is 22.1 Å². The molecule has 3 nitrogen and oxygen atoms in total. The lowest BCUT2D eigenvalue weighted by molar-refractivity contribution is 0.225.